The van der Waals surface area contributed by atoms with Crippen molar-refractivity contribution in [3.8, 4) is 0 Å². The van der Waals surface area contributed by atoms with E-state index in [2.05, 4.69) is 25.1 Å². The summed E-state index contributed by atoms with van der Waals surface area (Å²) in [6, 6.07) is 16.1. The number of imidazole rings is 1. The van der Waals surface area contributed by atoms with Crippen LogP contribution in [0.15, 0.2) is 53.3 Å². The van der Waals surface area contributed by atoms with Gasteiger partial charge in [0.2, 0.25) is 5.91 Å². The summed E-state index contributed by atoms with van der Waals surface area (Å²) in [6.45, 7) is 2.90. The van der Waals surface area contributed by atoms with E-state index in [1.165, 1.54) is 11.1 Å². The van der Waals surface area contributed by atoms with E-state index < -0.39 is 0 Å². The minimum Gasteiger partial charge on any atom is -0.334 e. The van der Waals surface area contributed by atoms with Gasteiger partial charge in [0.15, 0.2) is 0 Å². The number of nitrogens with zero attached hydrogens (tertiary/aromatic N) is 3. The Hall–Kier alpha value is -2.82. The van der Waals surface area contributed by atoms with Crippen LogP contribution >= 0.6 is 0 Å². The standard InChI is InChI=1S/C21H23N3O2/c1-15-7-5-8-16(13-15)17-11-6-12-23(17)20(25)14-24-19-10-4-3-9-18(19)22(2)21(24)26/h3-5,7-10,13,17H,6,11-12,14H2,1-2H3. The Labute approximate surface area is 152 Å². The highest BCUT2D eigenvalue weighted by Gasteiger charge is 2.30. The highest BCUT2D eigenvalue weighted by Crippen LogP contribution is 2.32. The fourth-order valence-corrected chi connectivity index (χ4v) is 4.03. The number of aryl methyl sites for hydroxylation is 2. The van der Waals surface area contributed by atoms with Crippen LogP contribution in [0.4, 0.5) is 0 Å². The third kappa shape index (κ3) is 2.73. The van der Waals surface area contributed by atoms with Crippen LogP contribution in [-0.4, -0.2) is 26.5 Å². The number of carbonyl (C=O) groups is 1. The number of benzene rings is 2. The van der Waals surface area contributed by atoms with Gasteiger partial charge < -0.3 is 4.90 Å². The normalized spacial score (nSPS) is 17.2. The fourth-order valence-electron chi connectivity index (χ4n) is 4.03. The van der Waals surface area contributed by atoms with Gasteiger partial charge in [-0.15, -0.1) is 0 Å². The van der Waals surface area contributed by atoms with Crippen molar-refractivity contribution in [1.82, 2.24) is 14.0 Å². The summed E-state index contributed by atoms with van der Waals surface area (Å²) in [7, 11) is 1.75. The molecule has 5 nitrogen and oxygen atoms in total. The number of amides is 1. The predicted octanol–water partition coefficient (Wildman–Crippen LogP) is 3.01. The van der Waals surface area contributed by atoms with E-state index in [9.17, 15) is 9.59 Å². The molecule has 2 heterocycles. The maximum absolute atomic E-state index is 13.0. The first-order valence-electron chi connectivity index (χ1n) is 9.06. The largest absolute Gasteiger partial charge is 0.334 e. The molecule has 1 aliphatic heterocycles. The summed E-state index contributed by atoms with van der Waals surface area (Å²) in [4.78, 5) is 27.6. The molecule has 0 saturated carbocycles. The zero-order valence-electron chi connectivity index (χ0n) is 15.2. The lowest BCUT2D eigenvalue weighted by molar-refractivity contribution is -0.132. The first-order chi connectivity index (χ1) is 12.6. The molecule has 26 heavy (non-hydrogen) atoms. The molecule has 0 aliphatic carbocycles. The van der Waals surface area contributed by atoms with Gasteiger partial charge in [0, 0.05) is 13.6 Å². The predicted molar refractivity (Wildman–Crippen MR) is 102 cm³/mol. The number of hydrogen-bond acceptors (Lipinski definition) is 2. The zero-order valence-corrected chi connectivity index (χ0v) is 15.2. The molecule has 1 saturated heterocycles. The number of fused-ring (bicyclic) bond motifs is 1. The molecule has 2 aromatic carbocycles. The molecule has 0 N–H and O–H groups in total. The van der Waals surface area contributed by atoms with Crippen LogP contribution in [0.1, 0.15) is 30.0 Å². The fraction of sp³-hybridized carbons (Fsp3) is 0.333. The Kier molecular flexibility index (Phi) is 4.15. The first kappa shape index (κ1) is 16.6. The molecule has 1 aliphatic rings. The molecule has 3 aromatic rings. The summed E-state index contributed by atoms with van der Waals surface area (Å²) in [6.07, 6.45) is 1.97. The molecule has 5 heteroatoms. The number of rotatable bonds is 3. The zero-order chi connectivity index (χ0) is 18.3. The monoisotopic (exact) mass is 349 g/mol. The molecule has 1 aromatic heterocycles. The van der Waals surface area contributed by atoms with Crippen molar-refractivity contribution < 1.29 is 4.79 Å². The maximum Gasteiger partial charge on any atom is 0.329 e. The van der Waals surface area contributed by atoms with E-state index in [0.29, 0.717) is 0 Å². The van der Waals surface area contributed by atoms with Crippen LogP contribution in [0.25, 0.3) is 11.0 Å². The average Bonchev–Trinajstić information content (AvgIpc) is 3.22. The van der Waals surface area contributed by atoms with Crippen molar-refractivity contribution in [2.75, 3.05) is 6.54 Å². The van der Waals surface area contributed by atoms with Crippen molar-refractivity contribution in [1.29, 1.82) is 0 Å². The van der Waals surface area contributed by atoms with Crippen molar-refractivity contribution in [2.45, 2.75) is 32.4 Å². The highest BCUT2D eigenvalue weighted by atomic mass is 16.2. The van der Waals surface area contributed by atoms with Crippen LogP contribution in [0, 0.1) is 6.92 Å². The van der Waals surface area contributed by atoms with E-state index in [-0.39, 0.29) is 24.2 Å². The van der Waals surface area contributed by atoms with Gasteiger partial charge in [-0.1, -0.05) is 42.0 Å². The van der Waals surface area contributed by atoms with Gasteiger partial charge in [0.05, 0.1) is 17.1 Å². The van der Waals surface area contributed by atoms with E-state index in [1.807, 2.05) is 35.2 Å². The summed E-state index contributed by atoms with van der Waals surface area (Å²) < 4.78 is 3.19. The van der Waals surface area contributed by atoms with Gasteiger partial charge in [-0.05, 0) is 37.5 Å². The first-order valence-corrected chi connectivity index (χ1v) is 9.06. The minimum absolute atomic E-state index is 0.00691. The molecule has 0 radical (unpaired) electrons. The second kappa shape index (κ2) is 6.48. The van der Waals surface area contributed by atoms with Gasteiger partial charge in [-0.3, -0.25) is 13.9 Å². The van der Waals surface area contributed by atoms with Crippen molar-refractivity contribution in [3.63, 3.8) is 0 Å². The van der Waals surface area contributed by atoms with Gasteiger partial charge in [0.25, 0.3) is 0 Å². The van der Waals surface area contributed by atoms with E-state index >= 15 is 0 Å². The average molecular weight is 349 g/mol. The molecule has 1 unspecified atom stereocenters. The Morgan fingerprint density at radius 2 is 1.88 bits per heavy atom. The number of aromatic nitrogens is 2. The lowest BCUT2D eigenvalue weighted by Gasteiger charge is -2.25. The molecule has 1 atom stereocenters. The van der Waals surface area contributed by atoms with Crippen molar-refractivity contribution in [2.24, 2.45) is 7.05 Å². The quantitative estimate of drug-likeness (QED) is 0.730. The maximum atomic E-state index is 13.0. The molecule has 1 amide bonds. The van der Waals surface area contributed by atoms with Crippen LogP contribution in [-0.2, 0) is 18.4 Å². The number of hydrogen-bond donors (Lipinski definition) is 0. The minimum atomic E-state index is -0.147. The van der Waals surface area contributed by atoms with E-state index in [0.717, 1.165) is 30.4 Å². The molecule has 0 bridgehead atoms. The lowest BCUT2D eigenvalue weighted by atomic mass is 10.0. The van der Waals surface area contributed by atoms with Gasteiger partial charge in [0.1, 0.15) is 6.54 Å². The van der Waals surface area contributed by atoms with Gasteiger partial charge >= 0.3 is 5.69 Å². The van der Waals surface area contributed by atoms with E-state index in [1.54, 1.807) is 16.2 Å². The van der Waals surface area contributed by atoms with Crippen LogP contribution < -0.4 is 5.69 Å². The Balaban J connectivity index is 1.64. The lowest BCUT2D eigenvalue weighted by Crippen LogP contribution is -2.36. The van der Waals surface area contributed by atoms with Crippen LogP contribution in [0.5, 0.6) is 0 Å². The van der Waals surface area contributed by atoms with Gasteiger partial charge in [-0.25, -0.2) is 4.79 Å². The number of likely N-dealkylation sites (tertiary alicyclic amines) is 1. The third-order valence-electron chi connectivity index (χ3n) is 5.35. The Morgan fingerprint density at radius 1 is 1.12 bits per heavy atom. The SMILES string of the molecule is Cc1cccc(C2CCCN2C(=O)Cn2c(=O)n(C)c3ccccc32)c1. The smallest absolute Gasteiger partial charge is 0.329 e. The van der Waals surface area contributed by atoms with Crippen molar-refractivity contribution >= 4 is 16.9 Å². The molecule has 1 fully saturated rings. The third-order valence-corrected chi connectivity index (χ3v) is 5.35. The van der Waals surface area contributed by atoms with E-state index in [4.69, 9.17) is 0 Å². The molecule has 4 rings (SSSR count). The number of para-hydroxylation sites is 2. The second-order valence-corrected chi connectivity index (χ2v) is 7.08. The van der Waals surface area contributed by atoms with Crippen molar-refractivity contribution in [3.05, 3.63) is 70.1 Å². The van der Waals surface area contributed by atoms with Crippen LogP contribution in [0.3, 0.4) is 0 Å². The highest BCUT2D eigenvalue weighted by molar-refractivity contribution is 5.81. The van der Waals surface area contributed by atoms with Gasteiger partial charge in [-0.2, -0.15) is 0 Å². The summed E-state index contributed by atoms with van der Waals surface area (Å²) >= 11 is 0. The topological polar surface area (TPSA) is 47.2 Å². The summed E-state index contributed by atoms with van der Waals surface area (Å²) in [5, 5.41) is 0. The molecular weight excluding hydrogens is 326 g/mol. The Morgan fingerprint density at radius 3 is 2.65 bits per heavy atom. The summed E-state index contributed by atoms with van der Waals surface area (Å²) in [5.41, 5.74) is 3.89. The summed E-state index contributed by atoms with van der Waals surface area (Å²) in [5.74, 6) is 0.00691. The number of carbonyl (C=O) groups excluding carboxylic acids is 1. The second-order valence-electron chi connectivity index (χ2n) is 7.08. The van der Waals surface area contributed by atoms with Crippen LogP contribution in [0.2, 0.25) is 0 Å². The molecular formula is C21H23N3O2. The Bertz CT molecular complexity index is 1030. The molecule has 134 valence electrons. The molecule has 0 spiro atoms.